The Hall–Kier alpha value is -1.14. The second-order valence-corrected chi connectivity index (χ2v) is 3.19. The lowest BCUT2D eigenvalue weighted by Crippen LogP contribution is -2.40. The van der Waals surface area contributed by atoms with Crippen LogP contribution in [-0.2, 0) is 19.1 Å². The fourth-order valence-electron chi connectivity index (χ4n) is 0.636. The molecular weight excluding hydrogens is 204 g/mol. The van der Waals surface area contributed by atoms with Gasteiger partial charge in [0.05, 0.1) is 12.7 Å². The van der Waals surface area contributed by atoms with Gasteiger partial charge in [0.25, 0.3) is 0 Å². The summed E-state index contributed by atoms with van der Waals surface area (Å²) < 4.78 is 9.19. The van der Waals surface area contributed by atoms with Crippen LogP contribution in [0.15, 0.2) is 0 Å². The second-order valence-electron chi connectivity index (χ2n) is 3.19. The van der Waals surface area contributed by atoms with E-state index in [1.54, 1.807) is 0 Å². The standard InChI is InChI=1S/C6H8O4.C3H8O2/c1-3-5(7)10-4(2)6(8)9-3;1-3(5)2-4/h3-4H,1-2H3;3-5H,2H2,1H3. The molecule has 0 saturated carbocycles. The van der Waals surface area contributed by atoms with Gasteiger partial charge < -0.3 is 19.7 Å². The van der Waals surface area contributed by atoms with Gasteiger partial charge in [0.1, 0.15) is 0 Å². The highest BCUT2D eigenvalue weighted by atomic mass is 16.6. The van der Waals surface area contributed by atoms with E-state index < -0.39 is 30.3 Å². The van der Waals surface area contributed by atoms with E-state index in [9.17, 15) is 9.59 Å². The Morgan fingerprint density at radius 1 is 1.20 bits per heavy atom. The molecule has 6 heteroatoms. The number of esters is 2. The monoisotopic (exact) mass is 220 g/mol. The van der Waals surface area contributed by atoms with E-state index in [-0.39, 0.29) is 6.61 Å². The van der Waals surface area contributed by atoms with Crippen LogP contribution in [0.4, 0.5) is 0 Å². The quantitative estimate of drug-likeness (QED) is 0.563. The fraction of sp³-hybridized carbons (Fsp3) is 0.778. The third-order valence-corrected chi connectivity index (χ3v) is 1.51. The third kappa shape index (κ3) is 5.34. The summed E-state index contributed by atoms with van der Waals surface area (Å²) >= 11 is 0. The summed E-state index contributed by atoms with van der Waals surface area (Å²) in [5.74, 6) is -0.959. The molecule has 0 aromatic heterocycles. The maximum Gasteiger partial charge on any atom is 0.347 e. The van der Waals surface area contributed by atoms with Crippen LogP contribution >= 0.6 is 0 Å². The second kappa shape index (κ2) is 6.36. The van der Waals surface area contributed by atoms with Crippen LogP contribution in [0, 0.1) is 0 Å². The highest BCUT2D eigenvalue weighted by molar-refractivity contribution is 5.86. The highest BCUT2D eigenvalue weighted by Gasteiger charge is 2.32. The average Bonchev–Trinajstić information content (AvgIpc) is 2.16. The zero-order chi connectivity index (χ0) is 12.0. The van der Waals surface area contributed by atoms with Crippen molar-refractivity contribution in [3.8, 4) is 0 Å². The third-order valence-electron chi connectivity index (χ3n) is 1.51. The molecule has 0 aromatic carbocycles. The summed E-state index contributed by atoms with van der Waals surface area (Å²) in [6.45, 7) is 4.35. The molecule has 3 unspecified atom stereocenters. The molecule has 3 atom stereocenters. The molecule has 1 saturated heterocycles. The first-order valence-electron chi connectivity index (χ1n) is 4.58. The summed E-state index contributed by atoms with van der Waals surface area (Å²) in [5.41, 5.74) is 0. The van der Waals surface area contributed by atoms with Gasteiger partial charge in [-0.2, -0.15) is 0 Å². The van der Waals surface area contributed by atoms with Crippen LogP contribution in [0.5, 0.6) is 0 Å². The maximum absolute atomic E-state index is 10.7. The average molecular weight is 220 g/mol. The van der Waals surface area contributed by atoms with E-state index in [0.717, 1.165) is 0 Å². The Balaban J connectivity index is 0.000000336. The van der Waals surface area contributed by atoms with Crippen molar-refractivity contribution < 1.29 is 29.3 Å². The van der Waals surface area contributed by atoms with Gasteiger partial charge in [0.2, 0.25) is 0 Å². The van der Waals surface area contributed by atoms with Crippen LogP contribution in [0.25, 0.3) is 0 Å². The van der Waals surface area contributed by atoms with Crippen molar-refractivity contribution >= 4 is 11.9 Å². The van der Waals surface area contributed by atoms with E-state index in [4.69, 9.17) is 10.2 Å². The molecule has 1 rings (SSSR count). The Bertz CT molecular complexity index is 205. The van der Waals surface area contributed by atoms with Gasteiger partial charge in [-0.05, 0) is 20.8 Å². The summed E-state index contributed by atoms with van der Waals surface area (Å²) in [6, 6.07) is 0. The molecule has 0 aromatic rings. The number of rotatable bonds is 1. The molecule has 1 aliphatic rings. The van der Waals surface area contributed by atoms with Crippen molar-refractivity contribution in [2.24, 2.45) is 0 Å². The lowest BCUT2D eigenvalue weighted by Gasteiger charge is -2.22. The Kier molecular flexibility index (Phi) is 5.88. The molecule has 1 fully saturated rings. The summed E-state index contributed by atoms with van der Waals surface area (Å²) in [5, 5.41) is 16.0. The molecule has 0 amide bonds. The minimum atomic E-state index is -0.747. The summed E-state index contributed by atoms with van der Waals surface area (Å²) in [6.07, 6.45) is -2.05. The van der Waals surface area contributed by atoms with Crippen LogP contribution in [0.2, 0.25) is 0 Å². The maximum atomic E-state index is 10.7. The van der Waals surface area contributed by atoms with E-state index in [2.05, 4.69) is 9.47 Å². The normalized spacial score (nSPS) is 27.0. The van der Waals surface area contributed by atoms with Gasteiger partial charge in [-0.15, -0.1) is 0 Å². The number of hydrogen-bond donors (Lipinski definition) is 2. The van der Waals surface area contributed by atoms with Crippen LogP contribution in [0.3, 0.4) is 0 Å². The molecule has 88 valence electrons. The lowest BCUT2D eigenvalue weighted by atomic mass is 10.3. The summed E-state index contributed by atoms with van der Waals surface area (Å²) in [4.78, 5) is 21.3. The SMILES string of the molecule is CC(O)CO.CC1OC(=O)C(C)OC1=O. The summed E-state index contributed by atoms with van der Waals surface area (Å²) in [7, 11) is 0. The molecule has 6 nitrogen and oxygen atoms in total. The number of aliphatic hydroxyl groups is 2. The molecule has 1 aliphatic heterocycles. The number of carbonyl (C=O) groups is 2. The van der Waals surface area contributed by atoms with Crippen molar-refractivity contribution in [2.45, 2.75) is 39.1 Å². The zero-order valence-electron chi connectivity index (χ0n) is 8.97. The van der Waals surface area contributed by atoms with Gasteiger partial charge in [-0.1, -0.05) is 0 Å². The Labute approximate surface area is 87.8 Å². The van der Waals surface area contributed by atoms with Crippen molar-refractivity contribution in [2.75, 3.05) is 6.61 Å². The molecule has 0 spiro atoms. The van der Waals surface area contributed by atoms with Gasteiger partial charge in [0.15, 0.2) is 12.2 Å². The molecule has 0 aliphatic carbocycles. The number of carbonyl (C=O) groups excluding carboxylic acids is 2. The molecular formula is C9H16O6. The highest BCUT2D eigenvalue weighted by Crippen LogP contribution is 2.08. The van der Waals surface area contributed by atoms with E-state index in [0.29, 0.717) is 0 Å². The van der Waals surface area contributed by atoms with Crippen molar-refractivity contribution in [1.82, 2.24) is 0 Å². The number of hydrogen-bond acceptors (Lipinski definition) is 6. The topological polar surface area (TPSA) is 93.1 Å². The first kappa shape index (κ1) is 13.9. The molecule has 0 radical (unpaired) electrons. The largest absolute Gasteiger partial charge is 0.448 e. The van der Waals surface area contributed by atoms with Crippen LogP contribution in [-0.4, -0.2) is 47.1 Å². The predicted octanol–water partition coefficient (Wildman–Crippen LogP) is -0.777. The predicted molar refractivity (Wildman–Crippen MR) is 49.9 cm³/mol. The first-order chi connectivity index (χ1) is 6.88. The Morgan fingerprint density at radius 2 is 1.47 bits per heavy atom. The lowest BCUT2D eigenvalue weighted by molar-refractivity contribution is -0.191. The number of cyclic esters (lactones) is 2. The molecule has 1 heterocycles. The van der Waals surface area contributed by atoms with Crippen molar-refractivity contribution in [3.63, 3.8) is 0 Å². The van der Waals surface area contributed by atoms with Crippen molar-refractivity contribution in [1.29, 1.82) is 0 Å². The van der Waals surface area contributed by atoms with Gasteiger partial charge in [-0.3, -0.25) is 0 Å². The minimum Gasteiger partial charge on any atom is -0.448 e. The fourth-order valence-corrected chi connectivity index (χ4v) is 0.636. The van der Waals surface area contributed by atoms with Crippen LogP contribution < -0.4 is 0 Å². The molecule has 15 heavy (non-hydrogen) atoms. The molecule has 2 N–H and O–H groups in total. The van der Waals surface area contributed by atoms with E-state index in [1.807, 2.05) is 0 Å². The zero-order valence-corrected chi connectivity index (χ0v) is 8.97. The van der Waals surface area contributed by atoms with Crippen LogP contribution in [0.1, 0.15) is 20.8 Å². The van der Waals surface area contributed by atoms with Gasteiger partial charge >= 0.3 is 11.9 Å². The molecule has 0 bridgehead atoms. The first-order valence-corrected chi connectivity index (χ1v) is 4.58. The van der Waals surface area contributed by atoms with E-state index in [1.165, 1.54) is 20.8 Å². The minimum absolute atomic E-state index is 0.139. The number of ether oxygens (including phenoxy) is 2. The van der Waals surface area contributed by atoms with Crippen molar-refractivity contribution in [3.05, 3.63) is 0 Å². The Morgan fingerprint density at radius 3 is 1.67 bits per heavy atom. The smallest absolute Gasteiger partial charge is 0.347 e. The van der Waals surface area contributed by atoms with E-state index >= 15 is 0 Å². The van der Waals surface area contributed by atoms with Gasteiger partial charge in [0, 0.05) is 0 Å². The van der Waals surface area contributed by atoms with Gasteiger partial charge in [-0.25, -0.2) is 9.59 Å². The number of aliphatic hydroxyl groups excluding tert-OH is 2.